The molecule has 10 heteroatoms. The first-order valence-corrected chi connectivity index (χ1v) is 14.8. The normalized spacial score (nSPS) is 26.8. The molecule has 8 nitrogen and oxygen atoms in total. The number of rotatable bonds is 8. The second-order valence-corrected chi connectivity index (χ2v) is 13.1. The molecule has 1 amide bonds. The maximum atomic E-state index is 13.0. The summed E-state index contributed by atoms with van der Waals surface area (Å²) in [5.74, 6) is 2.95. The fourth-order valence-corrected chi connectivity index (χ4v) is 8.50. The van der Waals surface area contributed by atoms with Crippen molar-refractivity contribution in [1.29, 1.82) is 0 Å². The van der Waals surface area contributed by atoms with Gasteiger partial charge in [-0.1, -0.05) is 23.9 Å². The van der Waals surface area contributed by atoms with Gasteiger partial charge in [0.2, 0.25) is 5.91 Å². The number of carbonyl (C=O) groups is 1. The summed E-state index contributed by atoms with van der Waals surface area (Å²) in [6.07, 6.45) is 7.33. The van der Waals surface area contributed by atoms with Crippen molar-refractivity contribution in [3.8, 4) is 5.75 Å². The predicted molar refractivity (Wildman–Crippen MR) is 138 cm³/mol. The molecule has 0 atom stereocenters. The topological polar surface area (TPSA) is 111 Å². The van der Waals surface area contributed by atoms with Gasteiger partial charge in [0.25, 0.3) is 15.2 Å². The second kappa shape index (κ2) is 8.99. The average Bonchev–Trinajstić information content (AvgIpc) is 3.24. The van der Waals surface area contributed by atoms with Gasteiger partial charge < -0.3 is 14.5 Å². The van der Waals surface area contributed by atoms with Crippen LogP contribution in [0.15, 0.2) is 57.0 Å². The second-order valence-electron chi connectivity index (χ2n) is 10.4. The number of nitrogens with one attached hydrogen (secondary N) is 2. The van der Waals surface area contributed by atoms with E-state index in [0.29, 0.717) is 27.8 Å². The van der Waals surface area contributed by atoms with Gasteiger partial charge in [-0.15, -0.1) is 0 Å². The van der Waals surface area contributed by atoms with Gasteiger partial charge in [0, 0.05) is 5.54 Å². The highest BCUT2D eigenvalue weighted by Crippen LogP contribution is 2.55. The van der Waals surface area contributed by atoms with E-state index >= 15 is 0 Å². The lowest BCUT2D eigenvalue weighted by Gasteiger charge is -2.56. The molecule has 0 spiro atoms. The van der Waals surface area contributed by atoms with E-state index < -0.39 is 10.0 Å². The van der Waals surface area contributed by atoms with Gasteiger partial charge in [-0.05, 0) is 86.6 Å². The third-order valence-corrected chi connectivity index (χ3v) is 9.96. The summed E-state index contributed by atoms with van der Waals surface area (Å²) >= 11 is 1.23. The number of carbonyl (C=O) groups excluding carboxylic acids is 1. The third-order valence-electron chi connectivity index (χ3n) is 7.77. The van der Waals surface area contributed by atoms with Crippen LogP contribution < -0.4 is 14.8 Å². The Bertz CT molecular complexity index is 1380. The van der Waals surface area contributed by atoms with E-state index in [9.17, 15) is 13.2 Å². The number of aromatic nitrogens is 1. The van der Waals surface area contributed by atoms with Crippen LogP contribution in [0.4, 0.5) is 5.69 Å². The molecule has 4 aliphatic rings. The third kappa shape index (κ3) is 4.56. The molecule has 36 heavy (non-hydrogen) atoms. The van der Waals surface area contributed by atoms with Crippen molar-refractivity contribution in [3.05, 3.63) is 42.5 Å². The van der Waals surface area contributed by atoms with Gasteiger partial charge >= 0.3 is 0 Å². The fourth-order valence-electron chi connectivity index (χ4n) is 6.77. The van der Waals surface area contributed by atoms with Gasteiger partial charge in [0.1, 0.15) is 11.3 Å². The van der Waals surface area contributed by atoms with Crippen molar-refractivity contribution < 1.29 is 22.4 Å². The zero-order valence-corrected chi connectivity index (χ0v) is 21.7. The Morgan fingerprint density at radius 3 is 2.50 bits per heavy atom. The lowest BCUT2D eigenvalue weighted by atomic mass is 9.53. The van der Waals surface area contributed by atoms with Crippen LogP contribution in [0.1, 0.15) is 38.5 Å². The lowest BCUT2D eigenvalue weighted by molar-refractivity contribution is -0.124. The molecule has 0 radical (unpaired) electrons. The zero-order chi connectivity index (χ0) is 24.9. The van der Waals surface area contributed by atoms with Gasteiger partial charge in [0.05, 0.1) is 23.4 Å². The number of fused-ring (bicyclic) bond motifs is 1. The number of para-hydroxylation sites is 2. The largest absolute Gasteiger partial charge is 0.495 e. The summed E-state index contributed by atoms with van der Waals surface area (Å²) in [7, 11) is -2.38. The van der Waals surface area contributed by atoms with Crippen LogP contribution in [0, 0.1) is 17.8 Å². The molecule has 190 valence electrons. The van der Waals surface area contributed by atoms with Crippen molar-refractivity contribution in [2.24, 2.45) is 17.8 Å². The fraction of sp³-hybridized carbons (Fsp3) is 0.462. The highest BCUT2D eigenvalue weighted by Gasteiger charge is 2.51. The van der Waals surface area contributed by atoms with Gasteiger partial charge in [-0.3, -0.25) is 9.52 Å². The molecule has 0 aliphatic heterocycles. The molecule has 2 aromatic carbocycles. The number of thioether (sulfide) groups is 1. The van der Waals surface area contributed by atoms with Crippen molar-refractivity contribution >= 4 is 44.5 Å². The van der Waals surface area contributed by atoms with Gasteiger partial charge in [-0.25, -0.2) is 13.4 Å². The van der Waals surface area contributed by atoms with Crippen molar-refractivity contribution in [2.75, 3.05) is 17.6 Å². The average molecular weight is 528 g/mol. The number of hydrogen-bond acceptors (Lipinski definition) is 7. The maximum Gasteiger partial charge on any atom is 0.262 e. The number of methoxy groups -OCH3 is 1. The van der Waals surface area contributed by atoms with E-state index in [2.05, 4.69) is 15.0 Å². The molecule has 7 rings (SSSR count). The number of amides is 1. The highest BCUT2D eigenvalue weighted by atomic mass is 32.2. The smallest absolute Gasteiger partial charge is 0.262 e. The summed E-state index contributed by atoms with van der Waals surface area (Å²) in [6, 6.07) is 11.3. The summed E-state index contributed by atoms with van der Waals surface area (Å²) < 4.78 is 39.5. The molecular weight excluding hydrogens is 498 g/mol. The predicted octanol–water partition coefficient (Wildman–Crippen LogP) is 4.81. The first-order valence-electron chi connectivity index (χ1n) is 12.3. The Morgan fingerprint density at radius 2 is 1.81 bits per heavy atom. The van der Waals surface area contributed by atoms with Crippen LogP contribution in [0.3, 0.4) is 0 Å². The number of anilines is 1. The number of ether oxygens (including phenoxy) is 1. The Labute approximate surface area is 214 Å². The van der Waals surface area contributed by atoms with E-state index in [1.807, 2.05) is 0 Å². The molecule has 1 aromatic heterocycles. The van der Waals surface area contributed by atoms with E-state index in [-0.39, 0.29) is 22.1 Å². The molecule has 4 bridgehead atoms. The highest BCUT2D eigenvalue weighted by molar-refractivity contribution is 7.99. The van der Waals surface area contributed by atoms with E-state index in [1.165, 1.54) is 50.3 Å². The number of oxazole rings is 1. The summed E-state index contributed by atoms with van der Waals surface area (Å²) in [6.45, 7) is 0. The molecule has 4 aliphatic carbocycles. The Balaban J connectivity index is 1.12. The van der Waals surface area contributed by atoms with Gasteiger partial charge in [0.15, 0.2) is 5.58 Å². The van der Waals surface area contributed by atoms with Crippen LogP contribution >= 0.6 is 11.8 Å². The quantitative estimate of drug-likeness (QED) is 0.404. The maximum absolute atomic E-state index is 13.0. The van der Waals surface area contributed by atoms with E-state index in [1.54, 1.807) is 30.3 Å². The molecule has 2 N–H and O–H groups in total. The number of sulfonamides is 1. The van der Waals surface area contributed by atoms with Crippen molar-refractivity contribution in [3.63, 3.8) is 0 Å². The van der Waals surface area contributed by atoms with E-state index in [4.69, 9.17) is 9.15 Å². The van der Waals surface area contributed by atoms with Crippen LogP contribution in [0.25, 0.3) is 11.1 Å². The minimum atomic E-state index is -3.86. The number of nitrogens with zero attached hydrogens (tertiary/aromatic N) is 1. The Kier molecular flexibility index (Phi) is 5.91. The van der Waals surface area contributed by atoms with Crippen molar-refractivity contribution in [1.82, 2.24) is 10.3 Å². The first-order chi connectivity index (χ1) is 17.3. The molecule has 0 unspecified atom stereocenters. The summed E-state index contributed by atoms with van der Waals surface area (Å²) in [5.41, 5.74) is 1.21. The summed E-state index contributed by atoms with van der Waals surface area (Å²) in [4.78, 5) is 17.3. The SMILES string of the molecule is COc1ccccc1NS(=O)(=O)c1ccc2oc(SCC(=O)NC34CC5CC(CC(C5)C3)C4)nc2c1. The van der Waals surface area contributed by atoms with Crippen LogP contribution in [0.5, 0.6) is 5.75 Å². The Morgan fingerprint density at radius 1 is 1.11 bits per heavy atom. The number of benzene rings is 2. The molecule has 0 saturated heterocycles. The molecule has 3 aromatic rings. The van der Waals surface area contributed by atoms with Crippen LogP contribution in [0.2, 0.25) is 0 Å². The first kappa shape index (κ1) is 23.7. The molecule has 4 fully saturated rings. The molecule has 1 heterocycles. The zero-order valence-electron chi connectivity index (χ0n) is 20.0. The van der Waals surface area contributed by atoms with E-state index in [0.717, 1.165) is 37.0 Å². The van der Waals surface area contributed by atoms with Crippen LogP contribution in [-0.4, -0.2) is 37.7 Å². The monoisotopic (exact) mass is 527 g/mol. The van der Waals surface area contributed by atoms with Crippen LogP contribution in [-0.2, 0) is 14.8 Å². The molecular formula is C26H29N3O5S2. The molecule has 4 saturated carbocycles. The summed E-state index contributed by atoms with van der Waals surface area (Å²) in [5, 5.41) is 3.71. The standard InChI is InChI=1S/C26H29N3O5S2/c1-33-22-5-3-2-4-20(22)29-36(31,32)19-6-7-23-21(11-19)27-25(34-23)35-15-24(30)28-26-12-16-8-17(13-26)10-18(9-16)14-26/h2-7,11,16-18,29H,8-10,12-15H2,1H3,(H,28,30). The minimum Gasteiger partial charge on any atom is -0.495 e. The number of hydrogen-bond donors (Lipinski definition) is 2. The minimum absolute atomic E-state index is 0.00785. The van der Waals surface area contributed by atoms with Crippen molar-refractivity contribution in [2.45, 2.75) is 54.2 Å². The van der Waals surface area contributed by atoms with Gasteiger partial charge in [-0.2, -0.15) is 0 Å². The lowest BCUT2D eigenvalue weighted by Crippen LogP contribution is -2.60. The Hall–Kier alpha value is -2.72.